The Morgan fingerprint density at radius 1 is 1.27 bits per heavy atom. The van der Waals surface area contributed by atoms with Gasteiger partial charge in [0.15, 0.2) is 0 Å². The maximum absolute atomic E-state index is 12.9. The molecule has 2 aliphatic rings. The molecule has 7 heteroatoms. The summed E-state index contributed by atoms with van der Waals surface area (Å²) in [6.45, 7) is 6.73. The quantitative estimate of drug-likeness (QED) is 0.773. The molecule has 0 saturated heterocycles. The zero-order chi connectivity index (χ0) is 19.5. The molecule has 1 unspecified atom stereocenters. The average Bonchev–Trinajstić information content (AvgIpc) is 3.02. The van der Waals surface area contributed by atoms with Gasteiger partial charge in [0, 0.05) is 30.2 Å². The van der Waals surface area contributed by atoms with Crippen molar-refractivity contribution in [3.05, 3.63) is 28.2 Å². The van der Waals surface area contributed by atoms with E-state index in [1.54, 1.807) is 12.1 Å². The Balaban J connectivity index is 1.90. The predicted molar refractivity (Wildman–Crippen MR) is 105 cm³/mol. The van der Waals surface area contributed by atoms with E-state index in [0.29, 0.717) is 16.0 Å². The highest BCUT2D eigenvalue weighted by molar-refractivity contribution is 9.10. The predicted octanol–water partition coefficient (Wildman–Crippen LogP) is 3.64. The zero-order valence-electron chi connectivity index (χ0n) is 16.0. The molecular formula is C19H27BrN2O3S. The number of sulfonamides is 1. The normalized spacial score (nSPS) is 30.0. The van der Waals surface area contributed by atoms with Crippen LogP contribution in [0.25, 0.3) is 0 Å². The highest BCUT2D eigenvalue weighted by Crippen LogP contribution is 2.62. The first kappa shape index (κ1) is 19.8. The third-order valence-electron chi connectivity index (χ3n) is 6.50. The van der Waals surface area contributed by atoms with Crippen molar-refractivity contribution in [1.29, 1.82) is 0 Å². The van der Waals surface area contributed by atoms with E-state index >= 15 is 0 Å². The van der Waals surface area contributed by atoms with Crippen LogP contribution in [-0.2, 0) is 10.0 Å². The molecular weight excluding hydrogens is 416 g/mol. The molecule has 0 aromatic heterocycles. The third-order valence-corrected chi connectivity index (χ3v) is 9.31. The molecule has 1 amide bonds. The average molecular weight is 443 g/mol. The maximum atomic E-state index is 12.9. The van der Waals surface area contributed by atoms with Crippen LogP contribution in [-0.4, -0.2) is 38.8 Å². The monoisotopic (exact) mass is 442 g/mol. The third kappa shape index (κ3) is 3.02. The Kier molecular flexibility index (Phi) is 4.81. The molecule has 1 N–H and O–H groups in total. The van der Waals surface area contributed by atoms with Crippen LogP contribution in [0.3, 0.4) is 0 Å². The number of nitrogens with one attached hydrogen (secondary N) is 1. The van der Waals surface area contributed by atoms with Crippen molar-refractivity contribution < 1.29 is 13.2 Å². The fraction of sp³-hybridized carbons (Fsp3) is 0.632. The molecule has 3 rings (SSSR count). The van der Waals surface area contributed by atoms with Gasteiger partial charge in [0.05, 0.1) is 4.90 Å². The number of carbonyl (C=O) groups is 1. The Labute approximate surface area is 164 Å². The minimum Gasteiger partial charge on any atom is -0.348 e. The number of halogens is 1. The largest absolute Gasteiger partial charge is 0.348 e. The zero-order valence-corrected chi connectivity index (χ0v) is 18.4. The second-order valence-electron chi connectivity index (χ2n) is 8.75. The Morgan fingerprint density at radius 3 is 2.46 bits per heavy atom. The van der Waals surface area contributed by atoms with Crippen molar-refractivity contribution in [1.82, 2.24) is 9.62 Å². The molecule has 5 nitrogen and oxygen atoms in total. The molecule has 3 atom stereocenters. The molecule has 1 aromatic rings. The van der Waals surface area contributed by atoms with E-state index in [-0.39, 0.29) is 27.7 Å². The van der Waals surface area contributed by atoms with E-state index in [0.717, 1.165) is 17.1 Å². The van der Waals surface area contributed by atoms with Crippen LogP contribution in [0, 0.1) is 16.7 Å². The summed E-state index contributed by atoms with van der Waals surface area (Å²) < 4.78 is 26.6. The van der Waals surface area contributed by atoms with Crippen LogP contribution >= 0.6 is 15.9 Å². The van der Waals surface area contributed by atoms with Gasteiger partial charge in [0.2, 0.25) is 10.0 Å². The van der Waals surface area contributed by atoms with Gasteiger partial charge in [-0.15, -0.1) is 0 Å². The number of nitrogens with zero attached hydrogens (tertiary/aromatic N) is 1. The smallest absolute Gasteiger partial charge is 0.251 e. The molecule has 0 spiro atoms. The lowest BCUT2D eigenvalue weighted by Crippen LogP contribution is -2.52. The molecule has 2 aliphatic carbocycles. The standard InChI is InChI=1S/C19H27BrN2O3S/c1-18(2)13-8-9-19(3,11-13)17(18)21-16(23)12-6-7-14(20)15(10-12)26(24,25)22(4)5/h6-7,10,13,17H,8-9,11H2,1-5H3,(H,21,23)/t13-,17?,19-/m0/s1. The van der Waals surface area contributed by atoms with E-state index in [2.05, 4.69) is 42.0 Å². The fourth-order valence-electron chi connectivity index (χ4n) is 4.92. The Bertz CT molecular complexity index is 846. The van der Waals surface area contributed by atoms with Crippen molar-refractivity contribution >= 4 is 31.9 Å². The Hall–Kier alpha value is -0.920. The van der Waals surface area contributed by atoms with E-state index in [9.17, 15) is 13.2 Å². The summed E-state index contributed by atoms with van der Waals surface area (Å²) in [5.74, 6) is 0.423. The van der Waals surface area contributed by atoms with E-state index in [4.69, 9.17) is 0 Å². The van der Waals surface area contributed by atoms with E-state index in [1.807, 2.05) is 0 Å². The van der Waals surface area contributed by atoms with Crippen molar-refractivity contribution in [2.45, 2.75) is 51.0 Å². The summed E-state index contributed by atoms with van der Waals surface area (Å²) in [6, 6.07) is 4.84. The second kappa shape index (κ2) is 6.31. The van der Waals surface area contributed by atoms with Gasteiger partial charge in [-0.25, -0.2) is 12.7 Å². The van der Waals surface area contributed by atoms with Crippen LogP contribution in [0.5, 0.6) is 0 Å². The summed E-state index contributed by atoms with van der Waals surface area (Å²) in [6.07, 6.45) is 3.50. The summed E-state index contributed by atoms with van der Waals surface area (Å²) in [4.78, 5) is 13.0. The van der Waals surface area contributed by atoms with Gasteiger partial charge in [0.1, 0.15) is 0 Å². The lowest BCUT2D eigenvalue weighted by atomic mass is 9.68. The molecule has 26 heavy (non-hydrogen) atoms. The van der Waals surface area contributed by atoms with E-state index in [1.165, 1.54) is 26.6 Å². The number of carbonyl (C=O) groups excluding carboxylic acids is 1. The molecule has 1 aromatic carbocycles. The summed E-state index contributed by atoms with van der Waals surface area (Å²) in [5.41, 5.74) is 0.546. The van der Waals surface area contributed by atoms with Gasteiger partial charge in [-0.05, 0) is 70.1 Å². The fourth-order valence-corrected chi connectivity index (χ4v) is 6.76. The number of hydrogen-bond donors (Lipinski definition) is 1. The Morgan fingerprint density at radius 2 is 1.92 bits per heavy atom. The van der Waals surface area contributed by atoms with Crippen molar-refractivity contribution in [2.24, 2.45) is 16.7 Å². The van der Waals surface area contributed by atoms with Gasteiger partial charge < -0.3 is 5.32 Å². The van der Waals surface area contributed by atoms with E-state index < -0.39 is 10.0 Å². The van der Waals surface area contributed by atoms with Crippen LogP contribution in [0.4, 0.5) is 0 Å². The molecule has 144 valence electrons. The summed E-state index contributed by atoms with van der Waals surface area (Å²) in [5, 5.41) is 3.22. The van der Waals surface area contributed by atoms with Gasteiger partial charge in [-0.1, -0.05) is 20.8 Å². The lowest BCUT2D eigenvalue weighted by molar-refractivity contribution is 0.0737. The molecule has 0 radical (unpaired) electrons. The molecule has 2 saturated carbocycles. The highest BCUT2D eigenvalue weighted by Gasteiger charge is 2.59. The van der Waals surface area contributed by atoms with Crippen LogP contribution in [0.1, 0.15) is 50.4 Å². The van der Waals surface area contributed by atoms with Crippen molar-refractivity contribution in [3.63, 3.8) is 0 Å². The molecule has 2 fully saturated rings. The first-order valence-electron chi connectivity index (χ1n) is 8.92. The minimum atomic E-state index is -3.63. The van der Waals surface area contributed by atoms with Gasteiger partial charge in [0.25, 0.3) is 5.91 Å². The summed E-state index contributed by atoms with van der Waals surface area (Å²) in [7, 11) is -0.669. The van der Waals surface area contributed by atoms with Gasteiger partial charge in [-0.2, -0.15) is 0 Å². The van der Waals surface area contributed by atoms with Crippen LogP contribution in [0.2, 0.25) is 0 Å². The summed E-state index contributed by atoms with van der Waals surface area (Å²) >= 11 is 3.29. The van der Waals surface area contributed by atoms with Crippen molar-refractivity contribution in [2.75, 3.05) is 14.1 Å². The second-order valence-corrected chi connectivity index (χ2v) is 11.7. The van der Waals surface area contributed by atoms with Gasteiger partial charge in [-0.3, -0.25) is 4.79 Å². The number of amides is 1. The first-order valence-corrected chi connectivity index (χ1v) is 11.2. The molecule has 2 bridgehead atoms. The molecule has 0 aliphatic heterocycles. The minimum absolute atomic E-state index is 0.0521. The maximum Gasteiger partial charge on any atom is 0.251 e. The lowest BCUT2D eigenvalue weighted by Gasteiger charge is -2.43. The SMILES string of the molecule is CN(C)S(=O)(=O)c1cc(C(=O)NC2C(C)(C)[C@H]3CC[C@@]2(C)C3)ccc1Br. The topological polar surface area (TPSA) is 66.5 Å². The molecule has 0 heterocycles. The number of benzene rings is 1. The highest BCUT2D eigenvalue weighted by atomic mass is 79.9. The number of fused-ring (bicyclic) bond motifs is 2. The van der Waals surface area contributed by atoms with Crippen molar-refractivity contribution in [3.8, 4) is 0 Å². The number of hydrogen-bond acceptors (Lipinski definition) is 3. The number of rotatable bonds is 4. The van der Waals surface area contributed by atoms with Gasteiger partial charge >= 0.3 is 0 Å². The van der Waals surface area contributed by atoms with Crippen LogP contribution < -0.4 is 5.32 Å². The first-order chi connectivity index (χ1) is 11.9. The van der Waals surface area contributed by atoms with Crippen LogP contribution in [0.15, 0.2) is 27.6 Å².